The minimum atomic E-state index is 0.967. The van der Waals surface area contributed by atoms with Crippen LogP contribution in [0.3, 0.4) is 0 Å². The van der Waals surface area contributed by atoms with Gasteiger partial charge in [-0.3, -0.25) is 9.48 Å². The van der Waals surface area contributed by atoms with Crippen molar-refractivity contribution in [1.29, 1.82) is 0 Å². The van der Waals surface area contributed by atoms with Crippen LogP contribution in [0.2, 0.25) is 0 Å². The van der Waals surface area contributed by atoms with Crippen molar-refractivity contribution in [1.82, 2.24) is 4.90 Å². The molecule has 2 aliphatic rings. The van der Waals surface area contributed by atoms with Crippen molar-refractivity contribution < 1.29 is 4.58 Å². The molecule has 0 N–H and O–H groups in total. The van der Waals surface area contributed by atoms with Gasteiger partial charge in [0.15, 0.2) is 0 Å². The zero-order valence-electron chi connectivity index (χ0n) is 13.2. The van der Waals surface area contributed by atoms with E-state index >= 15 is 0 Å². The zero-order chi connectivity index (χ0) is 14.1. The fourth-order valence-electron chi connectivity index (χ4n) is 3.53. The van der Waals surface area contributed by atoms with E-state index in [1.165, 1.54) is 61.2 Å². The fourth-order valence-corrected chi connectivity index (χ4v) is 3.53. The summed E-state index contributed by atoms with van der Waals surface area (Å²) in [6, 6.07) is 4.62. The molecule has 108 valence electrons. The Kier molecular flexibility index (Phi) is 3.82. The zero-order valence-corrected chi connectivity index (χ0v) is 13.2. The van der Waals surface area contributed by atoms with Gasteiger partial charge in [0.05, 0.1) is 6.54 Å². The van der Waals surface area contributed by atoms with Crippen LogP contribution in [0.25, 0.3) is 0 Å². The third-order valence-corrected chi connectivity index (χ3v) is 4.92. The molecule has 1 aliphatic carbocycles. The lowest BCUT2D eigenvalue weighted by molar-refractivity contribution is -0.530. The Hall–Kier alpha value is -1.31. The minimum Gasteiger partial charge on any atom is -0.264 e. The summed E-state index contributed by atoms with van der Waals surface area (Å²) in [4.78, 5) is 2.53. The lowest BCUT2D eigenvalue weighted by Crippen LogP contribution is -2.30. The molecule has 1 aromatic carbocycles. The molecule has 0 unspecified atom stereocenters. The second kappa shape index (κ2) is 5.59. The van der Waals surface area contributed by atoms with Gasteiger partial charge in [-0.25, -0.2) is 0 Å². The lowest BCUT2D eigenvalue weighted by atomic mass is 9.85. The molecular formula is C18H27N2+. The van der Waals surface area contributed by atoms with Crippen molar-refractivity contribution in [3.05, 3.63) is 34.4 Å². The monoisotopic (exact) mass is 271 g/mol. The van der Waals surface area contributed by atoms with Gasteiger partial charge < -0.3 is 0 Å². The van der Waals surface area contributed by atoms with Gasteiger partial charge in [-0.1, -0.05) is 24.1 Å². The normalized spacial score (nSPS) is 19.1. The van der Waals surface area contributed by atoms with Crippen LogP contribution in [0.15, 0.2) is 12.1 Å². The SMILES string of the molecule is Cc1cc(C)c(C[N+]2=CN(CC3CCC3)CC2)c(C)c1. The van der Waals surface area contributed by atoms with Crippen LogP contribution in [-0.2, 0) is 6.54 Å². The highest BCUT2D eigenvalue weighted by Gasteiger charge is 2.26. The van der Waals surface area contributed by atoms with Crippen LogP contribution in [0.1, 0.15) is 41.5 Å². The summed E-state index contributed by atoms with van der Waals surface area (Å²) in [6.07, 6.45) is 6.71. The van der Waals surface area contributed by atoms with Crippen molar-refractivity contribution in [2.24, 2.45) is 5.92 Å². The number of rotatable bonds is 4. The van der Waals surface area contributed by atoms with E-state index < -0.39 is 0 Å². The maximum absolute atomic E-state index is 2.53. The van der Waals surface area contributed by atoms with Crippen LogP contribution in [0, 0.1) is 26.7 Å². The molecular weight excluding hydrogens is 244 g/mol. The molecule has 0 aromatic heterocycles. The van der Waals surface area contributed by atoms with E-state index in [0.29, 0.717) is 0 Å². The quantitative estimate of drug-likeness (QED) is 0.762. The first-order valence-electron chi connectivity index (χ1n) is 8.01. The molecule has 2 heteroatoms. The predicted molar refractivity (Wildman–Crippen MR) is 84.5 cm³/mol. The second-order valence-electron chi connectivity index (χ2n) is 6.76. The largest absolute Gasteiger partial charge is 0.264 e. The van der Waals surface area contributed by atoms with Crippen LogP contribution in [0.4, 0.5) is 0 Å². The summed E-state index contributed by atoms with van der Waals surface area (Å²) in [5, 5.41) is 0. The molecule has 0 radical (unpaired) electrons. The van der Waals surface area contributed by atoms with E-state index in [1.54, 1.807) is 0 Å². The van der Waals surface area contributed by atoms with E-state index in [9.17, 15) is 0 Å². The summed E-state index contributed by atoms with van der Waals surface area (Å²) in [6.45, 7) is 11.4. The third kappa shape index (κ3) is 2.89. The Balaban J connectivity index is 1.67. The van der Waals surface area contributed by atoms with Crippen molar-refractivity contribution in [2.45, 2.75) is 46.6 Å². The Morgan fingerprint density at radius 3 is 2.45 bits per heavy atom. The predicted octanol–water partition coefficient (Wildman–Crippen LogP) is 3.27. The van der Waals surface area contributed by atoms with E-state index in [2.05, 4.69) is 48.7 Å². The van der Waals surface area contributed by atoms with Crippen molar-refractivity contribution in [3.8, 4) is 0 Å². The fraction of sp³-hybridized carbons (Fsp3) is 0.611. The number of benzene rings is 1. The van der Waals surface area contributed by atoms with Crippen LogP contribution >= 0.6 is 0 Å². The maximum atomic E-state index is 2.53. The van der Waals surface area contributed by atoms with Gasteiger partial charge in [-0.2, -0.15) is 0 Å². The third-order valence-electron chi connectivity index (χ3n) is 4.92. The molecule has 1 saturated carbocycles. The minimum absolute atomic E-state index is 0.967. The van der Waals surface area contributed by atoms with E-state index in [1.807, 2.05) is 0 Å². The average Bonchev–Trinajstić information content (AvgIpc) is 2.76. The van der Waals surface area contributed by atoms with Crippen LogP contribution < -0.4 is 0 Å². The van der Waals surface area contributed by atoms with Gasteiger partial charge in [0.1, 0.15) is 19.6 Å². The molecule has 1 fully saturated rings. The summed E-state index contributed by atoms with van der Waals surface area (Å²) in [7, 11) is 0. The van der Waals surface area contributed by atoms with Crippen LogP contribution in [0.5, 0.6) is 0 Å². The standard InChI is InChI=1S/C18H27N2/c1-14-9-15(2)18(16(3)10-14)12-20-8-7-19(13-20)11-17-5-4-6-17/h9-10,13,17H,4-8,11-12H2,1-3H3/q+1. The van der Waals surface area contributed by atoms with Gasteiger partial charge in [-0.15, -0.1) is 0 Å². The number of aryl methyl sites for hydroxylation is 3. The first-order chi connectivity index (χ1) is 9.61. The Morgan fingerprint density at radius 1 is 1.15 bits per heavy atom. The Morgan fingerprint density at radius 2 is 1.85 bits per heavy atom. The Bertz CT molecular complexity index is 503. The molecule has 0 amide bonds. The smallest absolute Gasteiger partial charge is 0.234 e. The molecule has 0 atom stereocenters. The highest BCUT2D eigenvalue weighted by Crippen LogP contribution is 2.27. The molecule has 1 heterocycles. The summed E-state index contributed by atoms with van der Waals surface area (Å²) in [5.41, 5.74) is 5.76. The summed E-state index contributed by atoms with van der Waals surface area (Å²) < 4.78 is 2.49. The maximum Gasteiger partial charge on any atom is 0.234 e. The van der Waals surface area contributed by atoms with E-state index in [0.717, 1.165) is 12.5 Å². The van der Waals surface area contributed by atoms with Gasteiger partial charge in [0.2, 0.25) is 6.34 Å². The lowest BCUT2D eigenvalue weighted by Gasteiger charge is -2.25. The average molecular weight is 271 g/mol. The van der Waals surface area contributed by atoms with Crippen molar-refractivity contribution >= 4 is 6.34 Å². The van der Waals surface area contributed by atoms with Crippen molar-refractivity contribution in [3.63, 3.8) is 0 Å². The topological polar surface area (TPSA) is 6.25 Å². The van der Waals surface area contributed by atoms with E-state index in [4.69, 9.17) is 0 Å². The van der Waals surface area contributed by atoms with Gasteiger partial charge >= 0.3 is 0 Å². The van der Waals surface area contributed by atoms with E-state index in [-0.39, 0.29) is 0 Å². The molecule has 1 aliphatic heterocycles. The number of nitrogens with zero attached hydrogens (tertiary/aromatic N) is 2. The number of hydrogen-bond acceptors (Lipinski definition) is 1. The second-order valence-corrected chi connectivity index (χ2v) is 6.76. The highest BCUT2D eigenvalue weighted by molar-refractivity contribution is 5.50. The number of hydrogen-bond donors (Lipinski definition) is 0. The Labute approximate surface area is 123 Å². The summed E-state index contributed by atoms with van der Waals surface area (Å²) in [5.74, 6) is 0.967. The summed E-state index contributed by atoms with van der Waals surface area (Å²) >= 11 is 0. The molecule has 2 nitrogen and oxygen atoms in total. The van der Waals surface area contributed by atoms with Gasteiger partial charge in [0, 0.05) is 0 Å². The molecule has 0 saturated heterocycles. The first kappa shape index (κ1) is 13.7. The van der Waals surface area contributed by atoms with Crippen LogP contribution in [-0.4, -0.2) is 35.4 Å². The van der Waals surface area contributed by atoms with Crippen molar-refractivity contribution in [2.75, 3.05) is 19.6 Å². The molecule has 0 spiro atoms. The molecule has 20 heavy (non-hydrogen) atoms. The molecule has 0 bridgehead atoms. The molecule has 3 rings (SSSR count). The van der Waals surface area contributed by atoms with Gasteiger partial charge in [-0.05, 0) is 56.2 Å². The van der Waals surface area contributed by atoms with Gasteiger partial charge in [0.25, 0.3) is 0 Å². The molecule has 1 aromatic rings. The first-order valence-corrected chi connectivity index (χ1v) is 8.01. The highest BCUT2D eigenvalue weighted by atomic mass is 15.3.